The molecular formula is C11H16Cl2N5O11P3S. The van der Waals surface area contributed by atoms with Crippen molar-refractivity contribution in [3.8, 4) is 0 Å². The molecule has 3 heterocycles. The molecule has 0 spiro atoms. The predicted molar refractivity (Wildman–Crippen MR) is 116 cm³/mol. The van der Waals surface area contributed by atoms with Crippen molar-refractivity contribution in [2.24, 2.45) is 0 Å². The number of nitrogen functional groups attached to an aromatic ring is 1. The predicted octanol–water partition coefficient (Wildman–Crippen LogP) is -0.270. The molecule has 3 rings (SSSR count). The molecule has 0 amide bonds. The van der Waals surface area contributed by atoms with Gasteiger partial charge in [-0.3, -0.25) is 13.7 Å². The van der Waals surface area contributed by atoms with Gasteiger partial charge in [-0.15, -0.1) is 0 Å². The van der Waals surface area contributed by atoms with E-state index in [0.717, 1.165) is 6.33 Å². The Bertz CT molecular complexity index is 1200. The van der Waals surface area contributed by atoms with Crippen LogP contribution in [-0.4, -0.2) is 78.0 Å². The van der Waals surface area contributed by atoms with Crippen LogP contribution in [0, 0.1) is 0 Å². The monoisotopic (exact) mass is 589 g/mol. The molecule has 8 N–H and O–H groups in total. The lowest BCUT2D eigenvalue weighted by Gasteiger charge is -2.28. The number of fused-ring (bicyclic) bond motifs is 1. The summed E-state index contributed by atoms with van der Waals surface area (Å²) in [6, 6.07) is 0. The van der Waals surface area contributed by atoms with E-state index in [2.05, 4.69) is 31.1 Å². The zero-order valence-electron chi connectivity index (χ0n) is 15.8. The fourth-order valence-corrected chi connectivity index (χ4v) is 7.93. The van der Waals surface area contributed by atoms with Crippen LogP contribution in [0.5, 0.6) is 0 Å². The van der Waals surface area contributed by atoms with Gasteiger partial charge in [-0.05, 0) is 11.8 Å². The van der Waals surface area contributed by atoms with Crippen LogP contribution < -0.4 is 5.73 Å². The number of aliphatic hydroxyl groups is 2. The highest BCUT2D eigenvalue weighted by Gasteiger charge is 2.62. The number of aromatic nitrogens is 4. The van der Waals surface area contributed by atoms with Crippen molar-refractivity contribution in [1.29, 1.82) is 0 Å². The Balaban J connectivity index is 1.72. The van der Waals surface area contributed by atoms with Crippen molar-refractivity contribution in [1.82, 2.24) is 19.5 Å². The van der Waals surface area contributed by atoms with E-state index in [1.165, 1.54) is 10.9 Å². The molecule has 0 aliphatic carbocycles. The number of rotatable bonds is 8. The smallest absolute Gasteiger partial charge is 0.383 e. The molecule has 22 heteroatoms. The maximum atomic E-state index is 12.1. The second-order valence-corrected chi connectivity index (χ2v) is 16.0. The van der Waals surface area contributed by atoms with Crippen molar-refractivity contribution in [2.75, 3.05) is 12.3 Å². The van der Waals surface area contributed by atoms with Crippen LogP contribution in [-0.2, 0) is 34.5 Å². The minimum Gasteiger partial charge on any atom is -0.387 e. The molecule has 1 aliphatic rings. The number of nitrogens with zero attached hydrogens (tertiary/aromatic N) is 4. The summed E-state index contributed by atoms with van der Waals surface area (Å²) in [5, 5.41) is 20.6. The van der Waals surface area contributed by atoms with Crippen LogP contribution in [0.15, 0.2) is 12.7 Å². The Hall–Kier alpha value is -0.320. The summed E-state index contributed by atoms with van der Waals surface area (Å²) in [6.45, 7) is -5.52. The Morgan fingerprint density at radius 1 is 1.18 bits per heavy atom. The summed E-state index contributed by atoms with van der Waals surface area (Å²) >= 11 is 15.1. The van der Waals surface area contributed by atoms with Crippen molar-refractivity contribution in [3.05, 3.63) is 12.7 Å². The van der Waals surface area contributed by atoms with E-state index in [1.807, 2.05) is 0 Å². The third kappa shape index (κ3) is 5.28. The van der Waals surface area contributed by atoms with Gasteiger partial charge in [-0.2, -0.15) is 0 Å². The van der Waals surface area contributed by atoms with Crippen LogP contribution >= 0.6 is 45.1 Å². The average molecular weight is 590 g/mol. The molecule has 0 aromatic carbocycles. The molecule has 2 aromatic rings. The maximum absolute atomic E-state index is 12.1. The van der Waals surface area contributed by atoms with Gasteiger partial charge in [0.1, 0.15) is 30.2 Å². The normalized spacial score (nSPS) is 28.0. The van der Waals surface area contributed by atoms with E-state index in [9.17, 15) is 29.1 Å². The number of anilines is 1. The molecule has 0 bridgehead atoms. The maximum Gasteiger partial charge on any atom is 0.383 e. The summed E-state index contributed by atoms with van der Waals surface area (Å²) in [7, 11) is -11.3. The highest BCUT2D eigenvalue weighted by atomic mass is 35.5. The van der Waals surface area contributed by atoms with Crippen molar-refractivity contribution in [3.63, 3.8) is 0 Å². The summed E-state index contributed by atoms with van der Waals surface area (Å²) in [6.07, 6.45) is -3.41. The summed E-state index contributed by atoms with van der Waals surface area (Å²) in [4.78, 5) is 49.6. The number of nitrogens with two attached hydrogens (primary N) is 1. The summed E-state index contributed by atoms with van der Waals surface area (Å²) in [5.74, 6) is 0.0585. The zero-order chi connectivity index (χ0) is 25.0. The largest absolute Gasteiger partial charge is 0.387 e. The van der Waals surface area contributed by atoms with Crippen LogP contribution in [0.25, 0.3) is 11.2 Å². The highest BCUT2D eigenvalue weighted by Crippen LogP contribution is 2.79. The molecule has 33 heavy (non-hydrogen) atoms. The van der Waals surface area contributed by atoms with Crippen LogP contribution in [0.1, 0.15) is 6.23 Å². The third-order valence-electron chi connectivity index (χ3n) is 4.30. The topological polar surface area (TPSA) is 253 Å². The lowest BCUT2D eigenvalue weighted by molar-refractivity contribution is -0.0485. The first-order chi connectivity index (χ1) is 15.0. The molecule has 2 aromatic heterocycles. The first kappa shape index (κ1) is 27.3. The van der Waals surface area contributed by atoms with Crippen LogP contribution in [0.4, 0.5) is 5.82 Å². The molecule has 1 saturated heterocycles. The number of alkyl halides is 2. The number of aliphatic hydroxyl groups excluding tert-OH is 2. The van der Waals surface area contributed by atoms with Gasteiger partial charge in [0.15, 0.2) is 17.7 Å². The molecule has 0 radical (unpaired) electrons. The Kier molecular flexibility index (Phi) is 7.67. The van der Waals surface area contributed by atoms with Crippen LogP contribution in [0.3, 0.4) is 0 Å². The first-order valence-electron chi connectivity index (χ1n) is 8.38. The van der Waals surface area contributed by atoms with Gasteiger partial charge in [-0.25, -0.2) is 19.3 Å². The summed E-state index contributed by atoms with van der Waals surface area (Å²) in [5.41, 5.74) is 6.08. The second kappa shape index (κ2) is 9.28. The van der Waals surface area contributed by atoms with Gasteiger partial charge < -0.3 is 44.8 Å². The Morgan fingerprint density at radius 3 is 2.42 bits per heavy atom. The lowest BCUT2D eigenvalue weighted by Crippen LogP contribution is -2.33. The summed E-state index contributed by atoms with van der Waals surface area (Å²) < 4.78 is 35.6. The Morgan fingerprint density at radius 2 is 1.82 bits per heavy atom. The molecule has 186 valence electrons. The first-order valence-corrected chi connectivity index (χ1v) is 14.9. The third-order valence-corrected chi connectivity index (χ3v) is 12.9. The fraction of sp³-hybridized carbons (Fsp3) is 0.545. The average Bonchev–Trinajstić information content (AvgIpc) is 3.21. The van der Waals surface area contributed by atoms with Crippen LogP contribution in [0.2, 0.25) is 0 Å². The van der Waals surface area contributed by atoms with E-state index >= 15 is 0 Å². The molecule has 2 unspecified atom stereocenters. The van der Waals surface area contributed by atoms with E-state index in [4.69, 9.17) is 48.0 Å². The SMILES string of the molecule is Nc1ncnc2c1ncn2[C@@H]1O[C@H](COP(O)(=S)OP(=O)(O)C(Cl)(Cl)P(=O)(O)O)[C@@H](O)[C@H]1O. The van der Waals surface area contributed by atoms with Gasteiger partial charge in [0, 0.05) is 0 Å². The van der Waals surface area contributed by atoms with Crippen molar-refractivity contribution < 1.29 is 52.5 Å². The minimum absolute atomic E-state index is 0.0585. The Labute approximate surface area is 199 Å². The molecule has 1 aliphatic heterocycles. The quantitative estimate of drug-likeness (QED) is 0.154. The van der Waals surface area contributed by atoms with E-state index in [0.29, 0.717) is 0 Å². The molecular weight excluding hydrogens is 574 g/mol. The second-order valence-electron chi connectivity index (χ2n) is 6.55. The van der Waals surface area contributed by atoms with Gasteiger partial charge in [0.05, 0.1) is 12.9 Å². The zero-order valence-corrected chi connectivity index (χ0v) is 20.8. The standard InChI is InChI=1S/C11H16Cl2N5O11P3S/c12-11(13,30(21,22)23)31(24,25)29-32(26,33)27-1-4-6(19)7(20)10(28-4)18-3-17-5-8(14)15-2-16-9(5)18/h2-4,6-7,10,19-20H,1H2,(H,24,25)(H,26,33)(H2,14,15,16)(H2,21,22,23)/t4-,6-,7-,10-,32?/m1/s1. The van der Waals surface area contributed by atoms with E-state index in [-0.39, 0.29) is 17.0 Å². The fourth-order valence-electron chi connectivity index (χ4n) is 2.70. The van der Waals surface area contributed by atoms with Gasteiger partial charge >= 0.3 is 25.7 Å². The van der Waals surface area contributed by atoms with Crippen molar-refractivity contribution in [2.45, 2.75) is 28.4 Å². The number of hydrogen-bond donors (Lipinski definition) is 7. The van der Waals surface area contributed by atoms with Gasteiger partial charge in [0.25, 0.3) is 0 Å². The number of imidazole rings is 1. The highest BCUT2D eigenvalue weighted by molar-refractivity contribution is 8.09. The lowest BCUT2D eigenvalue weighted by atomic mass is 10.1. The molecule has 16 nitrogen and oxygen atoms in total. The van der Waals surface area contributed by atoms with Gasteiger partial charge in [0.2, 0.25) is 0 Å². The number of halogens is 2. The molecule has 6 atom stereocenters. The molecule has 1 fully saturated rings. The number of ether oxygens (including phenoxy) is 1. The minimum atomic E-state index is -5.66. The van der Waals surface area contributed by atoms with E-state index in [1.54, 1.807) is 0 Å². The van der Waals surface area contributed by atoms with E-state index < -0.39 is 56.9 Å². The van der Waals surface area contributed by atoms with Crippen molar-refractivity contribution >= 4 is 73.9 Å². The van der Waals surface area contributed by atoms with Gasteiger partial charge in [-0.1, -0.05) is 23.2 Å². The number of hydrogen-bond acceptors (Lipinski definition) is 12. The molecule has 0 saturated carbocycles.